The molecule has 0 aliphatic carbocycles. The first-order chi connectivity index (χ1) is 13.5. The molecule has 0 fully saturated rings. The molecule has 0 amide bonds. The molecular formula is C22H23NO5. The highest BCUT2D eigenvalue weighted by molar-refractivity contribution is 5.72. The van der Waals surface area contributed by atoms with Crippen molar-refractivity contribution in [1.82, 2.24) is 4.57 Å². The van der Waals surface area contributed by atoms with Crippen LogP contribution in [0.15, 0.2) is 69.9 Å². The van der Waals surface area contributed by atoms with Gasteiger partial charge in [-0.3, -0.25) is 9.36 Å². The molecule has 0 unspecified atom stereocenters. The van der Waals surface area contributed by atoms with E-state index in [1.807, 2.05) is 74.5 Å². The van der Waals surface area contributed by atoms with Crippen molar-refractivity contribution in [1.29, 1.82) is 0 Å². The number of carbonyl (C=O) groups is 1. The number of oxazole rings is 1. The second-order valence-corrected chi connectivity index (χ2v) is 6.62. The summed E-state index contributed by atoms with van der Waals surface area (Å²) in [5, 5.41) is 0. The number of hydrogen-bond acceptors (Lipinski definition) is 5. The third-order valence-electron chi connectivity index (χ3n) is 4.27. The first-order valence-electron chi connectivity index (χ1n) is 9.08. The third kappa shape index (κ3) is 4.17. The van der Waals surface area contributed by atoms with E-state index in [2.05, 4.69) is 0 Å². The van der Waals surface area contributed by atoms with Gasteiger partial charge in [0.15, 0.2) is 0 Å². The van der Waals surface area contributed by atoms with E-state index in [-0.39, 0.29) is 18.5 Å². The van der Waals surface area contributed by atoms with Crippen LogP contribution in [0.5, 0.6) is 5.95 Å². The maximum Gasteiger partial charge on any atom is 0.423 e. The fourth-order valence-corrected chi connectivity index (χ4v) is 3.09. The van der Waals surface area contributed by atoms with Crippen molar-refractivity contribution in [3.8, 4) is 5.95 Å². The Balaban J connectivity index is 2.23. The summed E-state index contributed by atoms with van der Waals surface area (Å²) in [6.45, 7) is 3.65. The number of ether oxygens (including phenoxy) is 2. The van der Waals surface area contributed by atoms with Gasteiger partial charge in [0.1, 0.15) is 5.69 Å². The molecule has 1 aromatic heterocycles. The Bertz CT molecular complexity index is 934. The number of aromatic nitrogens is 1. The number of rotatable bonds is 7. The summed E-state index contributed by atoms with van der Waals surface area (Å²) >= 11 is 0. The topological polar surface area (TPSA) is 70.7 Å². The van der Waals surface area contributed by atoms with Gasteiger partial charge in [-0.25, -0.2) is 4.79 Å². The van der Waals surface area contributed by atoms with Crippen LogP contribution in [0.25, 0.3) is 0 Å². The lowest BCUT2D eigenvalue weighted by molar-refractivity contribution is -0.139. The van der Waals surface area contributed by atoms with Gasteiger partial charge in [-0.1, -0.05) is 60.7 Å². The maximum absolute atomic E-state index is 12.9. The number of hydrogen-bond donors (Lipinski definition) is 0. The molecule has 6 heteroatoms. The predicted octanol–water partition coefficient (Wildman–Crippen LogP) is 3.58. The van der Waals surface area contributed by atoms with E-state index < -0.39 is 17.8 Å². The van der Waals surface area contributed by atoms with Gasteiger partial charge < -0.3 is 13.9 Å². The van der Waals surface area contributed by atoms with Crippen LogP contribution in [0.1, 0.15) is 36.7 Å². The maximum atomic E-state index is 12.9. The summed E-state index contributed by atoms with van der Waals surface area (Å²) < 4.78 is 17.4. The van der Waals surface area contributed by atoms with Crippen molar-refractivity contribution in [3.63, 3.8) is 0 Å². The van der Waals surface area contributed by atoms with E-state index in [9.17, 15) is 9.59 Å². The Morgan fingerprint density at radius 1 is 1.00 bits per heavy atom. The average molecular weight is 381 g/mol. The Kier molecular flexibility index (Phi) is 5.99. The van der Waals surface area contributed by atoms with Crippen molar-refractivity contribution in [2.24, 2.45) is 0 Å². The molecule has 3 rings (SSSR count). The molecule has 1 heterocycles. The van der Waals surface area contributed by atoms with Gasteiger partial charge in [-0.2, -0.15) is 0 Å². The molecule has 0 radical (unpaired) electrons. The second kappa shape index (κ2) is 8.61. The number of carbonyl (C=O) groups excluding carboxylic acids is 1. The van der Waals surface area contributed by atoms with E-state index in [0.717, 1.165) is 11.1 Å². The lowest BCUT2D eigenvalue weighted by Gasteiger charge is -2.21. The summed E-state index contributed by atoms with van der Waals surface area (Å²) in [7, 11) is 1.31. The Morgan fingerprint density at radius 3 is 2.00 bits per heavy atom. The Labute approximate surface area is 163 Å². The molecule has 0 atom stereocenters. The molecule has 0 bridgehead atoms. The normalized spacial score (nSPS) is 11.0. The molecule has 0 saturated heterocycles. The Morgan fingerprint density at radius 2 is 1.54 bits per heavy atom. The molecule has 0 aliphatic heterocycles. The second-order valence-electron chi connectivity index (χ2n) is 6.62. The van der Waals surface area contributed by atoms with E-state index in [1.165, 1.54) is 11.7 Å². The van der Waals surface area contributed by atoms with E-state index in [1.54, 1.807) is 0 Å². The lowest BCUT2D eigenvalue weighted by atomic mass is 9.98. The van der Waals surface area contributed by atoms with Crippen LogP contribution in [0.2, 0.25) is 0 Å². The van der Waals surface area contributed by atoms with Crippen LogP contribution >= 0.6 is 0 Å². The molecule has 6 nitrogen and oxygen atoms in total. The van der Waals surface area contributed by atoms with Gasteiger partial charge in [-0.15, -0.1) is 0 Å². The number of methoxy groups -OCH3 is 1. The van der Waals surface area contributed by atoms with E-state index in [0.29, 0.717) is 5.69 Å². The van der Waals surface area contributed by atoms with Crippen molar-refractivity contribution in [2.75, 3.05) is 7.11 Å². The van der Waals surface area contributed by atoms with Gasteiger partial charge in [0.25, 0.3) is 0 Å². The van der Waals surface area contributed by atoms with Crippen LogP contribution < -0.4 is 10.5 Å². The van der Waals surface area contributed by atoms with Crippen LogP contribution in [0.4, 0.5) is 0 Å². The summed E-state index contributed by atoms with van der Waals surface area (Å²) in [5.74, 6) is -1.03. The largest absolute Gasteiger partial charge is 0.469 e. The summed E-state index contributed by atoms with van der Waals surface area (Å²) in [4.78, 5) is 24.9. The van der Waals surface area contributed by atoms with Crippen LogP contribution in [-0.4, -0.2) is 23.8 Å². The number of nitrogens with zero attached hydrogens (tertiary/aromatic N) is 1. The van der Waals surface area contributed by atoms with E-state index in [4.69, 9.17) is 13.9 Å². The molecule has 0 saturated carbocycles. The van der Waals surface area contributed by atoms with Crippen LogP contribution in [0.3, 0.4) is 0 Å². The molecule has 0 N–H and O–H groups in total. The molecule has 2 aromatic carbocycles. The third-order valence-corrected chi connectivity index (χ3v) is 4.27. The fraction of sp³-hybridized carbons (Fsp3) is 0.273. The lowest BCUT2D eigenvalue weighted by Crippen LogP contribution is -2.26. The van der Waals surface area contributed by atoms with Crippen molar-refractivity contribution in [2.45, 2.75) is 32.4 Å². The number of benzene rings is 2. The zero-order valence-electron chi connectivity index (χ0n) is 16.1. The first kappa shape index (κ1) is 19.5. The van der Waals surface area contributed by atoms with Gasteiger partial charge in [-0.05, 0) is 25.0 Å². The first-order valence-corrected chi connectivity index (χ1v) is 9.08. The van der Waals surface area contributed by atoms with Crippen LogP contribution in [0, 0.1) is 0 Å². The molecular weight excluding hydrogens is 358 g/mol. The highest BCUT2D eigenvalue weighted by atomic mass is 16.6. The SMILES string of the molecule is COC(=O)Cc1c(OC(C)C)oc(=O)n1C(c1ccccc1)c1ccccc1. The zero-order valence-corrected chi connectivity index (χ0v) is 16.1. The van der Waals surface area contributed by atoms with Gasteiger partial charge in [0.05, 0.1) is 25.7 Å². The van der Waals surface area contributed by atoms with Gasteiger partial charge >= 0.3 is 17.7 Å². The zero-order chi connectivity index (χ0) is 20.1. The summed E-state index contributed by atoms with van der Waals surface area (Å²) in [6, 6.07) is 18.7. The summed E-state index contributed by atoms with van der Waals surface area (Å²) in [5.41, 5.74) is 2.13. The fourth-order valence-electron chi connectivity index (χ4n) is 3.09. The minimum atomic E-state index is -0.591. The average Bonchev–Trinajstić information content (AvgIpc) is 2.98. The molecule has 3 aromatic rings. The van der Waals surface area contributed by atoms with Crippen molar-refractivity contribution >= 4 is 5.97 Å². The quantitative estimate of drug-likeness (QED) is 0.585. The van der Waals surface area contributed by atoms with E-state index >= 15 is 0 Å². The molecule has 0 aliphatic rings. The minimum Gasteiger partial charge on any atom is -0.469 e. The minimum absolute atomic E-state index is 0.0438. The van der Waals surface area contributed by atoms with Gasteiger partial charge in [0, 0.05) is 0 Å². The van der Waals surface area contributed by atoms with Crippen molar-refractivity contribution in [3.05, 3.63) is 88.0 Å². The Hall–Kier alpha value is -3.28. The monoisotopic (exact) mass is 381 g/mol. The van der Waals surface area contributed by atoms with Crippen LogP contribution in [-0.2, 0) is 16.0 Å². The number of esters is 1. The smallest absolute Gasteiger partial charge is 0.423 e. The molecule has 0 spiro atoms. The molecule has 28 heavy (non-hydrogen) atoms. The van der Waals surface area contributed by atoms with Crippen molar-refractivity contribution < 1.29 is 18.7 Å². The van der Waals surface area contributed by atoms with Gasteiger partial charge in [0.2, 0.25) is 0 Å². The highest BCUT2D eigenvalue weighted by Gasteiger charge is 2.29. The highest BCUT2D eigenvalue weighted by Crippen LogP contribution is 2.31. The predicted molar refractivity (Wildman–Crippen MR) is 105 cm³/mol. The summed E-state index contributed by atoms with van der Waals surface area (Å²) in [6.07, 6.45) is -0.359. The standard InChI is InChI=1S/C22H23NO5/c1-15(2)27-21-18(14-19(24)26-3)23(22(25)28-21)20(16-10-6-4-7-11-16)17-12-8-5-9-13-17/h4-13,15,20H,14H2,1-3H3. The molecule has 146 valence electrons.